The number of benzene rings is 1. The van der Waals surface area contributed by atoms with Gasteiger partial charge in [0.15, 0.2) is 11.6 Å². The van der Waals surface area contributed by atoms with Gasteiger partial charge in [0.2, 0.25) is 5.91 Å². The van der Waals surface area contributed by atoms with Gasteiger partial charge in [0.25, 0.3) is 0 Å². The molecule has 0 fully saturated rings. The fourth-order valence-electron chi connectivity index (χ4n) is 3.22. The first-order valence-corrected chi connectivity index (χ1v) is 9.19. The average molecular weight is 408 g/mol. The van der Waals surface area contributed by atoms with E-state index in [-0.39, 0.29) is 29.6 Å². The number of rotatable bonds is 3. The van der Waals surface area contributed by atoms with Gasteiger partial charge in [0, 0.05) is 18.1 Å². The highest BCUT2D eigenvalue weighted by Crippen LogP contribution is 2.39. The van der Waals surface area contributed by atoms with Crippen LogP contribution in [0, 0.1) is 18.6 Å². The van der Waals surface area contributed by atoms with E-state index in [1.54, 1.807) is 19.1 Å². The third-order valence-corrected chi connectivity index (χ3v) is 5.62. The summed E-state index contributed by atoms with van der Waals surface area (Å²) in [5.74, 6) is -2.71. The number of fused-ring (bicyclic) bond motifs is 1. The lowest BCUT2D eigenvalue weighted by atomic mass is 9.87. The predicted molar refractivity (Wildman–Crippen MR) is 97.9 cm³/mol. The van der Waals surface area contributed by atoms with Gasteiger partial charge in [-0.15, -0.1) is 11.3 Å². The predicted octanol–water partition coefficient (Wildman–Crippen LogP) is 4.48. The Morgan fingerprint density at radius 3 is 2.78 bits per heavy atom. The monoisotopic (exact) mass is 407 g/mol. The van der Waals surface area contributed by atoms with Crippen LogP contribution in [0.4, 0.5) is 14.6 Å². The molecule has 27 heavy (non-hydrogen) atoms. The minimum absolute atomic E-state index is 0.0201. The highest BCUT2D eigenvalue weighted by Gasteiger charge is 2.37. The number of Topliss-reactive ketones (excluding diaryl/α,β-unsaturated/α-hetero) is 1. The van der Waals surface area contributed by atoms with Gasteiger partial charge < -0.3 is 5.32 Å². The van der Waals surface area contributed by atoms with E-state index in [0.29, 0.717) is 20.5 Å². The maximum atomic E-state index is 14.2. The van der Waals surface area contributed by atoms with Gasteiger partial charge in [0.1, 0.15) is 17.3 Å². The zero-order chi connectivity index (χ0) is 19.3. The summed E-state index contributed by atoms with van der Waals surface area (Å²) in [5.41, 5.74) is 0.982. The van der Waals surface area contributed by atoms with E-state index in [1.165, 1.54) is 10.7 Å². The Morgan fingerprint density at radius 2 is 2.11 bits per heavy atom. The van der Waals surface area contributed by atoms with Crippen molar-refractivity contribution in [2.24, 2.45) is 0 Å². The van der Waals surface area contributed by atoms with E-state index < -0.39 is 17.6 Å². The molecule has 0 saturated heterocycles. The van der Waals surface area contributed by atoms with Gasteiger partial charge in [0.05, 0.1) is 20.8 Å². The normalized spacial score (nSPS) is 16.1. The zero-order valence-electron chi connectivity index (χ0n) is 13.9. The maximum Gasteiger partial charge on any atom is 0.226 e. The van der Waals surface area contributed by atoms with Crippen LogP contribution in [0.3, 0.4) is 0 Å². The number of ketones is 1. The first kappa shape index (κ1) is 17.8. The first-order valence-electron chi connectivity index (χ1n) is 7.99. The summed E-state index contributed by atoms with van der Waals surface area (Å²) in [6.07, 6.45) is -0.0419. The summed E-state index contributed by atoms with van der Waals surface area (Å²) in [5, 5.41) is 6.94. The van der Waals surface area contributed by atoms with Crippen LogP contribution in [-0.2, 0) is 4.79 Å². The SMILES string of the molecule is Cc1nn(-c2ccc(F)cc2F)c2c1C(C(=O)c1ccc(Cl)s1)CC(=O)N2. The van der Waals surface area contributed by atoms with E-state index in [2.05, 4.69) is 10.4 Å². The summed E-state index contributed by atoms with van der Waals surface area (Å²) in [7, 11) is 0. The van der Waals surface area contributed by atoms with Crippen molar-refractivity contribution in [3.8, 4) is 5.69 Å². The minimum atomic E-state index is -0.826. The number of carbonyl (C=O) groups is 2. The van der Waals surface area contributed by atoms with Gasteiger partial charge in [-0.2, -0.15) is 5.10 Å². The van der Waals surface area contributed by atoms with E-state index in [9.17, 15) is 18.4 Å². The molecule has 0 saturated carbocycles. The third kappa shape index (κ3) is 3.04. The van der Waals surface area contributed by atoms with Gasteiger partial charge >= 0.3 is 0 Å². The van der Waals surface area contributed by atoms with E-state index in [4.69, 9.17) is 11.6 Å². The molecule has 1 unspecified atom stereocenters. The van der Waals surface area contributed by atoms with E-state index >= 15 is 0 Å². The number of hydrogen-bond acceptors (Lipinski definition) is 4. The summed E-state index contributed by atoms with van der Waals surface area (Å²) in [6, 6.07) is 6.30. The summed E-state index contributed by atoms with van der Waals surface area (Å²) in [4.78, 5) is 25.6. The highest BCUT2D eigenvalue weighted by atomic mass is 35.5. The molecule has 1 aliphatic rings. The molecule has 138 valence electrons. The lowest BCUT2D eigenvalue weighted by Crippen LogP contribution is -2.28. The number of anilines is 1. The van der Waals surface area contributed by atoms with Crippen LogP contribution in [0.15, 0.2) is 30.3 Å². The lowest BCUT2D eigenvalue weighted by Gasteiger charge is -2.22. The lowest BCUT2D eigenvalue weighted by molar-refractivity contribution is -0.116. The molecule has 1 aromatic carbocycles. The fourth-order valence-corrected chi connectivity index (χ4v) is 4.25. The van der Waals surface area contributed by atoms with Crippen LogP contribution in [-0.4, -0.2) is 21.5 Å². The number of hydrogen-bond donors (Lipinski definition) is 1. The molecule has 0 aliphatic carbocycles. The Labute approximate surface area is 161 Å². The fraction of sp³-hybridized carbons (Fsp3) is 0.167. The molecule has 5 nitrogen and oxygen atoms in total. The van der Waals surface area contributed by atoms with Crippen molar-refractivity contribution < 1.29 is 18.4 Å². The van der Waals surface area contributed by atoms with Crippen molar-refractivity contribution >= 4 is 40.4 Å². The van der Waals surface area contributed by atoms with Crippen molar-refractivity contribution in [3.05, 3.63) is 62.4 Å². The molecule has 3 heterocycles. The van der Waals surface area contributed by atoms with E-state index in [0.717, 1.165) is 23.5 Å². The molecule has 2 aromatic heterocycles. The molecule has 4 rings (SSSR count). The Hall–Kier alpha value is -2.58. The molecule has 9 heteroatoms. The molecule has 1 N–H and O–H groups in total. The largest absolute Gasteiger partial charge is 0.310 e. The maximum absolute atomic E-state index is 14.2. The third-order valence-electron chi connectivity index (χ3n) is 4.37. The van der Waals surface area contributed by atoms with Crippen LogP contribution in [0.1, 0.15) is 33.3 Å². The molecule has 1 aliphatic heterocycles. The summed E-state index contributed by atoms with van der Waals surface area (Å²) in [6.45, 7) is 1.68. The smallest absolute Gasteiger partial charge is 0.226 e. The number of nitrogens with one attached hydrogen (secondary N) is 1. The molecular weight excluding hydrogens is 396 g/mol. The highest BCUT2D eigenvalue weighted by molar-refractivity contribution is 7.18. The minimum Gasteiger partial charge on any atom is -0.310 e. The number of aryl methyl sites for hydroxylation is 1. The molecular formula is C18H12ClF2N3O2S. The van der Waals surface area contributed by atoms with Crippen molar-refractivity contribution in [3.63, 3.8) is 0 Å². The quantitative estimate of drug-likeness (QED) is 0.651. The van der Waals surface area contributed by atoms with Gasteiger partial charge in [-0.25, -0.2) is 13.5 Å². The second-order valence-electron chi connectivity index (χ2n) is 6.13. The van der Waals surface area contributed by atoms with Gasteiger partial charge in [-0.05, 0) is 31.2 Å². The second kappa shape index (κ2) is 6.54. The molecule has 0 spiro atoms. The Balaban J connectivity index is 1.85. The van der Waals surface area contributed by atoms with Crippen LogP contribution in [0.5, 0.6) is 0 Å². The first-order chi connectivity index (χ1) is 12.8. The number of aromatic nitrogens is 2. The molecule has 0 radical (unpaired) electrons. The van der Waals surface area contributed by atoms with Crippen LogP contribution in [0.25, 0.3) is 5.69 Å². The van der Waals surface area contributed by atoms with E-state index in [1.807, 2.05) is 0 Å². The van der Waals surface area contributed by atoms with Crippen molar-refractivity contribution in [1.82, 2.24) is 9.78 Å². The van der Waals surface area contributed by atoms with Crippen LogP contribution < -0.4 is 5.32 Å². The number of thiophene rings is 1. The second-order valence-corrected chi connectivity index (χ2v) is 7.84. The van der Waals surface area contributed by atoms with Gasteiger partial charge in [-0.3, -0.25) is 9.59 Å². The Kier molecular flexibility index (Phi) is 4.32. The number of amides is 1. The summed E-state index contributed by atoms with van der Waals surface area (Å²) < 4.78 is 29.1. The number of carbonyl (C=O) groups excluding carboxylic acids is 2. The number of nitrogens with zero attached hydrogens (tertiary/aromatic N) is 2. The number of halogens is 3. The average Bonchev–Trinajstić information content (AvgIpc) is 3.17. The molecule has 0 bridgehead atoms. The van der Waals surface area contributed by atoms with Crippen molar-refractivity contribution in [2.75, 3.05) is 5.32 Å². The topological polar surface area (TPSA) is 64.0 Å². The molecule has 3 aromatic rings. The summed E-state index contributed by atoms with van der Waals surface area (Å²) >= 11 is 7.05. The van der Waals surface area contributed by atoms with Crippen molar-refractivity contribution in [2.45, 2.75) is 19.3 Å². The zero-order valence-corrected chi connectivity index (χ0v) is 15.5. The van der Waals surface area contributed by atoms with Crippen molar-refractivity contribution in [1.29, 1.82) is 0 Å². The molecule has 1 atom stereocenters. The Bertz CT molecular complexity index is 1090. The van der Waals surface area contributed by atoms with Crippen LogP contribution in [0.2, 0.25) is 4.34 Å². The Morgan fingerprint density at radius 1 is 1.33 bits per heavy atom. The van der Waals surface area contributed by atoms with Crippen LogP contribution >= 0.6 is 22.9 Å². The van der Waals surface area contributed by atoms with Gasteiger partial charge in [-0.1, -0.05) is 11.6 Å². The molecule has 1 amide bonds. The standard InChI is InChI=1S/C18H12ClF2N3O2S/c1-8-16-10(17(26)13-4-5-14(19)27-13)7-15(25)22-18(16)24(23-8)12-3-2-9(20)6-11(12)21/h2-6,10H,7H2,1H3,(H,22,25).